The molecular weight excluding hydrogens is 468 g/mol. The number of urea groups is 1. The molecule has 1 aromatic carbocycles. The number of anilines is 2. The first-order chi connectivity index (χ1) is 17.9. The van der Waals surface area contributed by atoms with Gasteiger partial charge in [-0.2, -0.15) is 0 Å². The zero-order valence-electron chi connectivity index (χ0n) is 22.4. The average Bonchev–Trinajstić information content (AvgIpc) is 2.85. The Bertz CT molecular complexity index is 1070. The van der Waals surface area contributed by atoms with Crippen molar-refractivity contribution in [2.45, 2.75) is 52.6 Å². The summed E-state index contributed by atoms with van der Waals surface area (Å²) in [5.41, 5.74) is 4.35. The second kappa shape index (κ2) is 11.3. The Kier molecular flexibility index (Phi) is 7.92. The number of morpholine rings is 1. The van der Waals surface area contributed by atoms with Crippen LogP contribution >= 0.6 is 0 Å². The molecule has 9 nitrogen and oxygen atoms in total. The number of rotatable bonds is 7. The minimum Gasteiger partial charge on any atom is -0.378 e. The molecule has 1 aromatic heterocycles. The number of amides is 2. The number of nitrogens with zero attached hydrogens (tertiary/aromatic N) is 4. The topological polar surface area (TPSA) is 91.9 Å². The van der Waals surface area contributed by atoms with E-state index in [0.717, 1.165) is 100 Å². The van der Waals surface area contributed by atoms with Crippen molar-refractivity contribution in [2.24, 2.45) is 5.41 Å². The summed E-state index contributed by atoms with van der Waals surface area (Å²) in [5, 5.41) is 5.88. The molecule has 2 fully saturated rings. The molecule has 4 heterocycles. The number of carbonyl (C=O) groups excluding carboxylic acids is 1. The third kappa shape index (κ3) is 6.58. The van der Waals surface area contributed by atoms with Gasteiger partial charge in [0.15, 0.2) is 5.82 Å². The van der Waals surface area contributed by atoms with E-state index in [1.165, 1.54) is 5.56 Å². The minimum absolute atomic E-state index is 0.179. The summed E-state index contributed by atoms with van der Waals surface area (Å²) in [6.07, 6.45) is 2.98. The number of benzene rings is 1. The molecule has 2 saturated heterocycles. The summed E-state index contributed by atoms with van der Waals surface area (Å²) >= 11 is 0. The molecule has 0 radical (unpaired) electrons. The van der Waals surface area contributed by atoms with Crippen molar-refractivity contribution >= 4 is 17.5 Å². The monoisotopic (exact) mass is 508 g/mol. The molecule has 3 aliphatic heterocycles. The van der Waals surface area contributed by atoms with Crippen LogP contribution in [0.5, 0.6) is 0 Å². The number of aromatic nitrogens is 2. The summed E-state index contributed by atoms with van der Waals surface area (Å²) < 4.78 is 11.0. The van der Waals surface area contributed by atoms with Gasteiger partial charge in [-0.1, -0.05) is 20.8 Å². The SMILES string of the molecule is CC(C)(C)CCCNC(=O)Nc1ccc(-c2nc3c(c(N4CCOCC4)n2)CCN(C2COC2)C3)cc1. The van der Waals surface area contributed by atoms with Crippen LogP contribution in [-0.2, 0) is 22.4 Å². The zero-order valence-corrected chi connectivity index (χ0v) is 22.4. The van der Waals surface area contributed by atoms with Crippen LogP contribution in [0, 0.1) is 5.41 Å². The highest BCUT2D eigenvalue weighted by Gasteiger charge is 2.32. The number of carbonyl (C=O) groups is 1. The molecule has 2 amide bonds. The molecule has 2 N–H and O–H groups in total. The molecule has 9 heteroatoms. The van der Waals surface area contributed by atoms with E-state index in [9.17, 15) is 4.79 Å². The van der Waals surface area contributed by atoms with Crippen LogP contribution in [0.4, 0.5) is 16.3 Å². The van der Waals surface area contributed by atoms with Gasteiger partial charge in [0.2, 0.25) is 0 Å². The van der Waals surface area contributed by atoms with Gasteiger partial charge in [0.1, 0.15) is 5.82 Å². The highest BCUT2D eigenvalue weighted by Crippen LogP contribution is 2.31. The maximum absolute atomic E-state index is 12.3. The second-order valence-electron chi connectivity index (χ2n) is 11.4. The van der Waals surface area contributed by atoms with Crippen LogP contribution < -0.4 is 15.5 Å². The minimum atomic E-state index is -0.179. The average molecular weight is 509 g/mol. The molecule has 200 valence electrons. The lowest BCUT2D eigenvalue weighted by atomic mass is 9.91. The van der Waals surface area contributed by atoms with Crippen molar-refractivity contribution in [3.05, 3.63) is 35.5 Å². The fourth-order valence-corrected chi connectivity index (χ4v) is 5.04. The van der Waals surface area contributed by atoms with E-state index in [4.69, 9.17) is 19.4 Å². The molecule has 37 heavy (non-hydrogen) atoms. The molecule has 0 spiro atoms. The largest absolute Gasteiger partial charge is 0.378 e. The molecule has 3 aliphatic rings. The number of hydrogen-bond donors (Lipinski definition) is 2. The Morgan fingerprint density at radius 1 is 1.05 bits per heavy atom. The summed E-state index contributed by atoms with van der Waals surface area (Å²) in [4.78, 5) is 27.2. The van der Waals surface area contributed by atoms with Gasteiger partial charge in [-0.05, 0) is 48.9 Å². The normalized spacial score (nSPS) is 18.7. The summed E-state index contributed by atoms with van der Waals surface area (Å²) in [6, 6.07) is 8.11. The van der Waals surface area contributed by atoms with Crippen molar-refractivity contribution in [3.63, 3.8) is 0 Å². The second-order valence-corrected chi connectivity index (χ2v) is 11.4. The summed E-state index contributed by atoms with van der Waals surface area (Å²) in [5.74, 6) is 1.77. The van der Waals surface area contributed by atoms with Gasteiger partial charge in [-0.25, -0.2) is 14.8 Å². The van der Waals surface area contributed by atoms with Gasteiger partial charge in [0.25, 0.3) is 0 Å². The number of fused-ring (bicyclic) bond motifs is 1. The van der Waals surface area contributed by atoms with Crippen molar-refractivity contribution in [1.82, 2.24) is 20.2 Å². The van der Waals surface area contributed by atoms with E-state index >= 15 is 0 Å². The summed E-state index contributed by atoms with van der Waals surface area (Å²) in [7, 11) is 0. The molecule has 2 aromatic rings. The number of nitrogens with one attached hydrogen (secondary N) is 2. The van der Waals surface area contributed by atoms with Gasteiger partial charge in [-0.3, -0.25) is 4.90 Å². The van der Waals surface area contributed by atoms with Crippen molar-refractivity contribution < 1.29 is 14.3 Å². The third-order valence-electron chi connectivity index (χ3n) is 7.31. The predicted molar refractivity (Wildman–Crippen MR) is 145 cm³/mol. The molecule has 5 rings (SSSR count). The Morgan fingerprint density at radius 3 is 2.49 bits per heavy atom. The molecule has 0 unspecified atom stereocenters. The van der Waals surface area contributed by atoms with Gasteiger partial charge in [0, 0.05) is 49.5 Å². The molecule has 0 atom stereocenters. The van der Waals surface area contributed by atoms with Crippen LogP contribution in [0.25, 0.3) is 11.4 Å². The lowest BCUT2D eigenvalue weighted by Crippen LogP contribution is -2.51. The standard InChI is InChI=1S/C28H40N6O3/c1-28(2,3)10-4-11-29-27(35)30-21-7-5-20(6-8-21)25-31-24-17-34(22-18-37-19-22)12-9-23(24)26(32-25)33-13-15-36-16-14-33/h5-8,22H,4,9-19H2,1-3H3,(H2,29,30,35). The summed E-state index contributed by atoms with van der Waals surface area (Å²) in [6.45, 7) is 13.9. The van der Waals surface area contributed by atoms with Gasteiger partial charge < -0.3 is 25.0 Å². The van der Waals surface area contributed by atoms with E-state index in [1.807, 2.05) is 24.3 Å². The molecule has 0 aliphatic carbocycles. The smallest absolute Gasteiger partial charge is 0.319 e. The quantitative estimate of drug-likeness (QED) is 0.551. The fraction of sp³-hybridized carbons (Fsp3) is 0.607. The number of hydrogen-bond acceptors (Lipinski definition) is 7. The Hall–Kier alpha value is -2.75. The van der Waals surface area contributed by atoms with Gasteiger partial charge >= 0.3 is 6.03 Å². The van der Waals surface area contributed by atoms with Crippen LogP contribution in [0.15, 0.2) is 24.3 Å². The van der Waals surface area contributed by atoms with E-state index in [0.29, 0.717) is 12.6 Å². The third-order valence-corrected chi connectivity index (χ3v) is 7.31. The van der Waals surface area contributed by atoms with E-state index in [-0.39, 0.29) is 11.4 Å². The van der Waals surface area contributed by atoms with Crippen LogP contribution in [0.3, 0.4) is 0 Å². The molecule has 0 saturated carbocycles. The van der Waals surface area contributed by atoms with E-state index in [1.54, 1.807) is 0 Å². The van der Waals surface area contributed by atoms with Crippen LogP contribution in [-0.4, -0.2) is 79.5 Å². The van der Waals surface area contributed by atoms with Crippen molar-refractivity contribution in [2.75, 3.05) is 62.8 Å². The fourth-order valence-electron chi connectivity index (χ4n) is 5.04. The lowest BCUT2D eigenvalue weighted by Gasteiger charge is -2.40. The lowest BCUT2D eigenvalue weighted by molar-refractivity contribution is -0.0699. The molecular formula is C28H40N6O3. The van der Waals surface area contributed by atoms with Crippen molar-refractivity contribution in [3.8, 4) is 11.4 Å². The Labute approximate surface area is 219 Å². The maximum Gasteiger partial charge on any atom is 0.319 e. The number of ether oxygens (including phenoxy) is 2. The predicted octanol–water partition coefficient (Wildman–Crippen LogP) is 3.68. The van der Waals surface area contributed by atoms with Crippen molar-refractivity contribution in [1.29, 1.82) is 0 Å². The van der Waals surface area contributed by atoms with Gasteiger partial charge in [0.05, 0.1) is 38.2 Å². The first-order valence-corrected chi connectivity index (χ1v) is 13.6. The first kappa shape index (κ1) is 25.9. The van der Waals surface area contributed by atoms with Crippen LogP contribution in [0.2, 0.25) is 0 Å². The zero-order chi connectivity index (χ0) is 25.8. The van der Waals surface area contributed by atoms with Gasteiger partial charge in [-0.15, -0.1) is 0 Å². The van der Waals surface area contributed by atoms with E-state index < -0.39 is 0 Å². The highest BCUT2D eigenvalue weighted by molar-refractivity contribution is 5.89. The first-order valence-electron chi connectivity index (χ1n) is 13.6. The highest BCUT2D eigenvalue weighted by atomic mass is 16.5. The maximum atomic E-state index is 12.3. The van der Waals surface area contributed by atoms with Crippen LogP contribution in [0.1, 0.15) is 44.9 Å². The Balaban J connectivity index is 1.29. The Morgan fingerprint density at radius 2 is 1.81 bits per heavy atom. The molecule has 0 bridgehead atoms. The van der Waals surface area contributed by atoms with E-state index in [2.05, 4.69) is 41.2 Å².